The molecule has 5 aromatic rings. The number of benzene rings is 1. The van der Waals surface area contributed by atoms with Crippen LogP contribution in [-0.2, 0) is 5.60 Å². The summed E-state index contributed by atoms with van der Waals surface area (Å²) in [6.45, 7) is 5.56. The summed E-state index contributed by atoms with van der Waals surface area (Å²) in [5.41, 5.74) is 2.97. The molecule has 8 nitrogen and oxygen atoms in total. The predicted octanol–water partition coefficient (Wildman–Crippen LogP) is 4.16. The van der Waals surface area contributed by atoms with Crippen LogP contribution < -0.4 is 5.69 Å². The minimum Gasteiger partial charge on any atom is -0.373 e. The average Bonchev–Trinajstić information content (AvgIpc) is 3.33. The number of H-pyrrole nitrogens is 2. The quantitative estimate of drug-likeness (QED) is 0.369. The van der Waals surface area contributed by atoms with Gasteiger partial charge < -0.3 is 19.6 Å². The maximum absolute atomic E-state index is 12.3. The molecule has 0 amide bonds. The first-order chi connectivity index (χ1) is 15.8. The standard InChI is InChI=1S/C24H20ClN5O3/c1-12-4-6-19(26-10-12)24(32,20-7-5-16(25)11-27-20)17-8-15(21-13(2)30-33-14(21)3)9-18-22(17)29-23(31)28-18/h4-11,32H,1-3H3,(H2,28,29,31). The molecule has 166 valence electrons. The maximum Gasteiger partial charge on any atom is 0.323 e. The van der Waals surface area contributed by atoms with Gasteiger partial charge in [-0.15, -0.1) is 0 Å². The minimum absolute atomic E-state index is 0.308. The van der Waals surface area contributed by atoms with Crippen LogP contribution in [0.25, 0.3) is 22.2 Å². The Morgan fingerprint density at radius 3 is 2.33 bits per heavy atom. The second kappa shape index (κ2) is 7.68. The molecule has 0 bridgehead atoms. The van der Waals surface area contributed by atoms with Crippen molar-refractivity contribution < 1.29 is 9.63 Å². The van der Waals surface area contributed by atoms with Gasteiger partial charge >= 0.3 is 5.69 Å². The van der Waals surface area contributed by atoms with E-state index < -0.39 is 11.3 Å². The number of aromatic amines is 2. The molecule has 0 saturated carbocycles. The van der Waals surface area contributed by atoms with Gasteiger partial charge in [-0.25, -0.2) is 4.79 Å². The van der Waals surface area contributed by atoms with Gasteiger partial charge in [-0.05, 0) is 62.2 Å². The van der Waals surface area contributed by atoms with Gasteiger partial charge in [-0.3, -0.25) is 9.97 Å². The molecule has 4 aromatic heterocycles. The number of nitrogens with zero attached hydrogens (tertiary/aromatic N) is 3. The summed E-state index contributed by atoms with van der Waals surface area (Å²) in [5.74, 6) is 0.623. The van der Waals surface area contributed by atoms with E-state index in [9.17, 15) is 9.90 Å². The lowest BCUT2D eigenvalue weighted by molar-refractivity contribution is 0.117. The highest BCUT2D eigenvalue weighted by molar-refractivity contribution is 6.30. The number of halogens is 1. The number of imidazole rings is 1. The number of hydrogen-bond donors (Lipinski definition) is 3. The van der Waals surface area contributed by atoms with Crippen LogP contribution in [0.1, 0.15) is 34.0 Å². The van der Waals surface area contributed by atoms with Crippen LogP contribution in [-0.4, -0.2) is 30.2 Å². The lowest BCUT2D eigenvalue weighted by Gasteiger charge is -2.29. The molecule has 1 atom stereocenters. The van der Waals surface area contributed by atoms with Crippen molar-refractivity contribution in [2.75, 3.05) is 0 Å². The number of nitrogens with one attached hydrogen (secondary N) is 2. The third-order valence-corrected chi connectivity index (χ3v) is 5.94. The van der Waals surface area contributed by atoms with Gasteiger partial charge in [0.1, 0.15) is 5.76 Å². The Labute approximate surface area is 193 Å². The molecule has 9 heteroatoms. The van der Waals surface area contributed by atoms with Crippen LogP contribution >= 0.6 is 11.6 Å². The van der Waals surface area contributed by atoms with Crippen LogP contribution in [0.4, 0.5) is 0 Å². The Morgan fingerprint density at radius 1 is 1.00 bits per heavy atom. The lowest BCUT2D eigenvalue weighted by Crippen LogP contribution is -2.31. The molecule has 0 saturated heterocycles. The number of aryl methyl sites for hydroxylation is 3. The van der Waals surface area contributed by atoms with Gasteiger partial charge in [0, 0.05) is 23.5 Å². The lowest BCUT2D eigenvalue weighted by atomic mass is 9.83. The molecule has 0 aliphatic heterocycles. The zero-order chi connectivity index (χ0) is 23.3. The Balaban J connectivity index is 1.89. The number of aromatic nitrogens is 5. The molecule has 33 heavy (non-hydrogen) atoms. The third kappa shape index (κ3) is 3.44. The summed E-state index contributed by atoms with van der Waals surface area (Å²) >= 11 is 6.07. The average molecular weight is 462 g/mol. The summed E-state index contributed by atoms with van der Waals surface area (Å²) in [6, 6.07) is 10.5. The molecule has 4 heterocycles. The Kier molecular flexibility index (Phi) is 4.92. The molecule has 5 rings (SSSR count). The SMILES string of the molecule is Cc1ccc(C(O)(c2ccc(Cl)cn2)c2cc(-c3c(C)noc3C)cc3[nH]c(=O)[nH]c23)nc1. The first kappa shape index (κ1) is 21.1. The monoisotopic (exact) mass is 461 g/mol. The van der Waals surface area contributed by atoms with E-state index >= 15 is 0 Å². The number of aliphatic hydroxyl groups is 1. The van der Waals surface area contributed by atoms with E-state index in [-0.39, 0.29) is 0 Å². The number of fused-ring (bicyclic) bond motifs is 1. The predicted molar refractivity (Wildman–Crippen MR) is 124 cm³/mol. The zero-order valence-electron chi connectivity index (χ0n) is 18.1. The smallest absolute Gasteiger partial charge is 0.323 e. The maximum atomic E-state index is 12.3. The van der Waals surface area contributed by atoms with Gasteiger partial charge in [0.15, 0.2) is 5.60 Å². The number of hydrogen-bond acceptors (Lipinski definition) is 6. The van der Waals surface area contributed by atoms with Crippen molar-refractivity contribution in [3.05, 3.63) is 98.3 Å². The first-order valence-electron chi connectivity index (χ1n) is 10.2. The fourth-order valence-electron chi connectivity index (χ4n) is 4.15. The molecule has 0 aliphatic carbocycles. The Hall–Kier alpha value is -3.75. The molecule has 0 radical (unpaired) electrons. The second-order valence-electron chi connectivity index (χ2n) is 8.02. The highest BCUT2D eigenvalue weighted by Crippen LogP contribution is 2.40. The number of rotatable bonds is 4. The highest BCUT2D eigenvalue weighted by atomic mass is 35.5. The minimum atomic E-state index is -1.79. The fraction of sp³-hybridized carbons (Fsp3) is 0.167. The summed E-state index contributed by atoms with van der Waals surface area (Å²) in [4.78, 5) is 26.8. The van der Waals surface area contributed by atoms with Crippen molar-refractivity contribution >= 4 is 22.6 Å². The second-order valence-corrected chi connectivity index (χ2v) is 8.45. The molecular formula is C24H20ClN5O3. The first-order valence-corrected chi connectivity index (χ1v) is 10.6. The van der Waals surface area contributed by atoms with E-state index in [1.54, 1.807) is 30.5 Å². The number of pyridine rings is 2. The van der Waals surface area contributed by atoms with E-state index in [1.165, 1.54) is 6.20 Å². The highest BCUT2D eigenvalue weighted by Gasteiger charge is 2.39. The third-order valence-electron chi connectivity index (χ3n) is 5.72. The molecule has 0 spiro atoms. The van der Waals surface area contributed by atoms with Gasteiger partial charge in [0.05, 0.1) is 33.1 Å². The van der Waals surface area contributed by atoms with Crippen LogP contribution in [0, 0.1) is 20.8 Å². The van der Waals surface area contributed by atoms with Crippen molar-refractivity contribution in [3.8, 4) is 11.1 Å². The van der Waals surface area contributed by atoms with Crippen LogP contribution in [0.2, 0.25) is 5.02 Å². The summed E-state index contributed by atoms with van der Waals surface area (Å²) in [6.07, 6.45) is 3.14. The van der Waals surface area contributed by atoms with Crippen molar-refractivity contribution in [1.82, 2.24) is 25.1 Å². The zero-order valence-corrected chi connectivity index (χ0v) is 18.9. The van der Waals surface area contributed by atoms with E-state index in [1.807, 2.05) is 32.9 Å². The summed E-state index contributed by atoms with van der Waals surface area (Å²) in [7, 11) is 0. The normalized spacial score (nSPS) is 13.4. The van der Waals surface area contributed by atoms with Gasteiger partial charge in [0.25, 0.3) is 0 Å². The molecule has 1 aromatic carbocycles. The molecule has 0 aliphatic rings. The van der Waals surface area contributed by atoms with Crippen LogP contribution in [0.5, 0.6) is 0 Å². The topological polar surface area (TPSA) is 121 Å². The largest absolute Gasteiger partial charge is 0.373 e. The van der Waals surface area contributed by atoms with E-state index in [4.69, 9.17) is 16.1 Å². The van der Waals surface area contributed by atoms with E-state index in [0.29, 0.717) is 44.5 Å². The van der Waals surface area contributed by atoms with Gasteiger partial charge in [0.2, 0.25) is 0 Å². The molecule has 3 N–H and O–H groups in total. The van der Waals surface area contributed by atoms with Crippen LogP contribution in [0.3, 0.4) is 0 Å². The van der Waals surface area contributed by atoms with Crippen molar-refractivity contribution in [3.63, 3.8) is 0 Å². The molecule has 0 fully saturated rings. The van der Waals surface area contributed by atoms with E-state index in [0.717, 1.165) is 16.7 Å². The van der Waals surface area contributed by atoms with Crippen molar-refractivity contribution in [1.29, 1.82) is 0 Å². The molecule has 1 unspecified atom stereocenters. The van der Waals surface area contributed by atoms with Crippen molar-refractivity contribution in [2.24, 2.45) is 0 Å². The fourth-order valence-corrected chi connectivity index (χ4v) is 4.26. The van der Waals surface area contributed by atoms with Gasteiger partial charge in [-0.1, -0.05) is 22.8 Å². The van der Waals surface area contributed by atoms with Gasteiger partial charge in [-0.2, -0.15) is 0 Å². The van der Waals surface area contributed by atoms with E-state index in [2.05, 4.69) is 25.1 Å². The molecular weight excluding hydrogens is 442 g/mol. The van der Waals surface area contributed by atoms with Crippen molar-refractivity contribution in [2.45, 2.75) is 26.4 Å². The summed E-state index contributed by atoms with van der Waals surface area (Å²) in [5, 5.41) is 16.8. The Morgan fingerprint density at radius 2 is 1.73 bits per heavy atom. The van der Waals surface area contributed by atoms with Crippen LogP contribution in [0.15, 0.2) is 58.1 Å². The Bertz CT molecular complexity index is 1470. The summed E-state index contributed by atoms with van der Waals surface area (Å²) < 4.78 is 5.36.